The van der Waals surface area contributed by atoms with Gasteiger partial charge >= 0.3 is 0 Å². The number of benzene rings is 1. The van der Waals surface area contributed by atoms with Gasteiger partial charge in [-0.15, -0.1) is 11.3 Å². The van der Waals surface area contributed by atoms with Crippen LogP contribution in [-0.4, -0.2) is 18.9 Å². The summed E-state index contributed by atoms with van der Waals surface area (Å²) in [6.45, 7) is 2.70. The van der Waals surface area contributed by atoms with E-state index < -0.39 is 10.0 Å². The van der Waals surface area contributed by atoms with Gasteiger partial charge in [0.05, 0.1) is 23.8 Å². The second-order valence-corrected chi connectivity index (χ2v) is 10.3. The Morgan fingerprint density at radius 3 is 2.64 bits per heavy atom. The van der Waals surface area contributed by atoms with Gasteiger partial charge in [-0.2, -0.15) is 4.99 Å². The summed E-state index contributed by atoms with van der Waals surface area (Å²) in [5.41, 5.74) is 0.832. The fourth-order valence-corrected chi connectivity index (χ4v) is 5.31. The molecular weight excluding hydrogens is 446 g/mol. The summed E-state index contributed by atoms with van der Waals surface area (Å²) in [4.78, 5) is 17.8. The number of hydrogen-bond acceptors (Lipinski definition) is 5. The van der Waals surface area contributed by atoms with Gasteiger partial charge < -0.3 is 4.57 Å². The zero-order valence-corrected chi connectivity index (χ0v) is 17.1. The number of nitrogens with two attached hydrogens (primary N) is 1. The van der Waals surface area contributed by atoms with Crippen LogP contribution in [0.4, 0.5) is 0 Å². The average Bonchev–Trinajstić information content (AvgIpc) is 3.11. The zero-order chi connectivity index (χ0) is 18.2. The number of halogens is 1. The molecule has 0 unspecified atom stereocenters. The van der Waals surface area contributed by atoms with E-state index in [1.165, 1.54) is 34.8 Å². The van der Waals surface area contributed by atoms with Crippen LogP contribution in [0.1, 0.15) is 23.0 Å². The predicted octanol–water partition coefficient (Wildman–Crippen LogP) is 3.33. The Hall–Kier alpha value is -1.33. The van der Waals surface area contributed by atoms with Crippen LogP contribution in [0.3, 0.4) is 0 Å². The third kappa shape index (κ3) is 3.93. The maximum atomic E-state index is 12.4. The Labute approximate surface area is 160 Å². The Morgan fingerprint density at radius 1 is 1.28 bits per heavy atom. The SMILES string of the molecule is CCCn1c(=NC(=O)c2ccc(Br)s2)sc2cc(S(N)(=O)=O)ccc21. The maximum absolute atomic E-state index is 12.4. The minimum absolute atomic E-state index is 0.0463. The predicted molar refractivity (Wildman–Crippen MR) is 103 cm³/mol. The van der Waals surface area contributed by atoms with E-state index in [0.29, 0.717) is 16.2 Å². The molecule has 0 fully saturated rings. The summed E-state index contributed by atoms with van der Waals surface area (Å²) < 4.78 is 26.6. The van der Waals surface area contributed by atoms with Crippen LogP contribution < -0.4 is 9.94 Å². The van der Waals surface area contributed by atoms with Crippen molar-refractivity contribution in [2.45, 2.75) is 24.8 Å². The quantitative estimate of drug-likeness (QED) is 0.647. The molecule has 0 atom stereocenters. The molecule has 6 nitrogen and oxygen atoms in total. The lowest BCUT2D eigenvalue weighted by atomic mass is 10.3. The number of fused-ring (bicyclic) bond motifs is 1. The summed E-state index contributed by atoms with van der Waals surface area (Å²) in [6, 6.07) is 8.21. The van der Waals surface area contributed by atoms with Crippen molar-refractivity contribution in [2.75, 3.05) is 0 Å². The molecule has 0 spiro atoms. The van der Waals surface area contributed by atoms with Crippen molar-refractivity contribution < 1.29 is 13.2 Å². The number of sulfonamides is 1. The van der Waals surface area contributed by atoms with Gasteiger partial charge in [-0.25, -0.2) is 13.6 Å². The Kier molecular flexibility index (Phi) is 5.26. The first kappa shape index (κ1) is 18.5. The molecule has 2 aromatic heterocycles. The van der Waals surface area contributed by atoms with Crippen molar-refractivity contribution in [1.82, 2.24) is 4.57 Å². The molecule has 2 N–H and O–H groups in total. The Morgan fingerprint density at radius 2 is 2.04 bits per heavy atom. The first-order valence-corrected chi connectivity index (χ1v) is 11.3. The normalized spacial score (nSPS) is 12.8. The molecule has 0 aliphatic rings. The first-order valence-electron chi connectivity index (χ1n) is 7.30. The van der Waals surface area contributed by atoms with E-state index in [4.69, 9.17) is 5.14 Å². The van der Waals surface area contributed by atoms with Crippen molar-refractivity contribution in [3.63, 3.8) is 0 Å². The number of carbonyl (C=O) groups excluding carboxylic acids is 1. The molecule has 0 saturated heterocycles. The number of hydrogen-bond donors (Lipinski definition) is 1. The highest BCUT2D eigenvalue weighted by Gasteiger charge is 2.14. The number of primary sulfonamides is 1. The van der Waals surface area contributed by atoms with Gasteiger partial charge in [0.2, 0.25) is 10.0 Å². The van der Waals surface area contributed by atoms with Crippen molar-refractivity contribution in [3.05, 3.63) is 43.8 Å². The van der Waals surface area contributed by atoms with Crippen LogP contribution in [0, 0.1) is 0 Å². The van der Waals surface area contributed by atoms with Gasteiger partial charge in [-0.1, -0.05) is 18.3 Å². The molecule has 0 radical (unpaired) electrons. The highest BCUT2D eigenvalue weighted by Crippen LogP contribution is 2.24. The van der Waals surface area contributed by atoms with Crippen LogP contribution in [-0.2, 0) is 16.6 Å². The van der Waals surface area contributed by atoms with Crippen molar-refractivity contribution in [3.8, 4) is 0 Å². The molecule has 0 saturated carbocycles. The highest BCUT2D eigenvalue weighted by molar-refractivity contribution is 9.11. The van der Waals surface area contributed by atoms with Gasteiger partial charge in [0.15, 0.2) is 4.80 Å². The van der Waals surface area contributed by atoms with Gasteiger partial charge in [0.25, 0.3) is 5.91 Å². The first-order chi connectivity index (χ1) is 11.8. The Balaban J connectivity index is 2.18. The van der Waals surface area contributed by atoms with Crippen molar-refractivity contribution in [2.24, 2.45) is 10.1 Å². The van der Waals surface area contributed by atoms with E-state index in [0.717, 1.165) is 20.4 Å². The standard InChI is InChI=1S/C15H14BrN3O3S3/c1-2-7-19-10-4-3-9(25(17,21)22)8-12(10)24-15(19)18-14(20)11-5-6-13(16)23-11/h3-6,8H,2,7H2,1H3,(H2,17,21,22). The van der Waals surface area contributed by atoms with Crippen molar-refractivity contribution >= 4 is 64.8 Å². The number of aryl methyl sites for hydroxylation is 1. The highest BCUT2D eigenvalue weighted by atomic mass is 79.9. The molecule has 3 aromatic rings. The molecule has 10 heteroatoms. The molecule has 2 heterocycles. The summed E-state index contributed by atoms with van der Waals surface area (Å²) >= 11 is 5.93. The smallest absolute Gasteiger partial charge is 0.289 e. The van der Waals surface area contributed by atoms with E-state index >= 15 is 0 Å². The summed E-state index contributed by atoms with van der Waals surface area (Å²) in [5, 5.41) is 5.20. The van der Waals surface area contributed by atoms with Crippen LogP contribution in [0.2, 0.25) is 0 Å². The number of amides is 1. The molecule has 1 aromatic carbocycles. The molecular formula is C15H14BrN3O3S3. The number of nitrogens with zero attached hydrogens (tertiary/aromatic N) is 2. The summed E-state index contributed by atoms with van der Waals surface area (Å²) in [6.07, 6.45) is 0.856. The lowest BCUT2D eigenvalue weighted by Crippen LogP contribution is -2.16. The average molecular weight is 460 g/mol. The Bertz CT molecular complexity index is 1130. The van der Waals surface area contributed by atoms with Crippen LogP contribution >= 0.6 is 38.6 Å². The molecule has 3 rings (SSSR count). The number of thiazole rings is 1. The van der Waals surface area contributed by atoms with Gasteiger partial charge in [0.1, 0.15) is 0 Å². The van der Waals surface area contributed by atoms with E-state index in [1.807, 2.05) is 11.5 Å². The third-order valence-corrected chi connectivity index (χ3v) is 6.97. The van der Waals surface area contributed by atoms with E-state index in [-0.39, 0.29) is 10.8 Å². The number of rotatable bonds is 4. The molecule has 132 valence electrons. The van der Waals surface area contributed by atoms with Gasteiger partial charge in [-0.3, -0.25) is 4.79 Å². The van der Waals surface area contributed by atoms with Crippen LogP contribution in [0.15, 0.2) is 44.0 Å². The maximum Gasteiger partial charge on any atom is 0.289 e. The number of carbonyl (C=O) groups is 1. The molecule has 25 heavy (non-hydrogen) atoms. The van der Waals surface area contributed by atoms with Gasteiger partial charge in [-0.05, 0) is 52.7 Å². The second-order valence-electron chi connectivity index (χ2n) is 5.23. The van der Waals surface area contributed by atoms with E-state index in [9.17, 15) is 13.2 Å². The zero-order valence-electron chi connectivity index (χ0n) is 13.1. The minimum atomic E-state index is -3.78. The third-order valence-electron chi connectivity index (χ3n) is 3.41. The molecule has 0 aliphatic carbocycles. The van der Waals surface area contributed by atoms with Crippen LogP contribution in [0.25, 0.3) is 10.2 Å². The van der Waals surface area contributed by atoms with Crippen LogP contribution in [0.5, 0.6) is 0 Å². The summed E-state index contributed by atoms with van der Waals surface area (Å²) in [5.74, 6) is -0.321. The molecule has 0 bridgehead atoms. The minimum Gasteiger partial charge on any atom is -0.316 e. The summed E-state index contributed by atoms with van der Waals surface area (Å²) in [7, 11) is -3.78. The number of thiophene rings is 1. The number of aromatic nitrogens is 1. The van der Waals surface area contributed by atoms with E-state index in [1.54, 1.807) is 18.2 Å². The molecule has 1 amide bonds. The lowest BCUT2D eigenvalue weighted by Gasteiger charge is -2.03. The second kappa shape index (κ2) is 7.12. The fourth-order valence-electron chi connectivity index (χ4n) is 2.33. The monoisotopic (exact) mass is 459 g/mol. The molecule has 0 aliphatic heterocycles. The van der Waals surface area contributed by atoms with Gasteiger partial charge in [0, 0.05) is 6.54 Å². The lowest BCUT2D eigenvalue weighted by molar-refractivity contribution is 0.100. The topological polar surface area (TPSA) is 94.5 Å². The van der Waals surface area contributed by atoms with E-state index in [2.05, 4.69) is 20.9 Å². The largest absolute Gasteiger partial charge is 0.316 e. The fraction of sp³-hybridized carbons (Fsp3) is 0.200. The van der Waals surface area contributed by atoms with Crippen molar-refractivity contribution in [1.29, 1.82) is 0 Å².